The van der Waals surface area contributed by atoms with E-state index >= 15 is 0 Å². The maximum atomic E-state index is 12.9. The molecule has 0 bridgehead atoms. The minimum absolute atomic E-state index is 0.0968. The van der Waals surface area contributed by atoms with E-state index in [-0.39, 0.29) is 47.3 Å². The Bertz CT molecular complexity index is 1250. The smallest absolute Gasteiger partial charge is 0.293 e. The van der Waals surface area contributed by atoms with Crippen LogP contribution >= 0.6 is 0 Å². The van der Waals surface area contributed by atoms with Gasteiger partial charge in [0.25, 0.3) is 5.69 Å². The average molecular weight is 495 g/mol. The van der Waals surface area contributed by atoms with Crippen molar-refractivity contribution in [3.05, 3.63) is 58.1 Å². The standard InChI is InChI=1S/C21H26N4O6S2/c1-17-4-6-18(7-5-17)32(28,29)24-14-12-22(13-15-24)20-9-8-19(16-21(20)25(26)27)33(30,31)23-10-2-3-11-23/h4-9,16H,2-3,10-15H2,1H3. The molecule has 0 radical (unpaired) electrons. The minimum Gasteiger partial charge on any atom is -0.363 e. The Hall–Kier alpha value is -2.54. The van der Waals surface area contributed by atoms with Crippen molar-refractivity contribution in [2.75, 3.05) is 44.2 Å². The van der Waals surface area contributed by atoms with Crippen LogP contribution in [0.1, 0.15) is 18.4 Å². The zero-order valence-corrected chi connectivity index (χ0v) is 19.9. The van der Waals surface area contributed by atoms with Gasteiger partial charge in [0.15, 0.2) is 0 Å². The Labute approximate surface area is 193 Å². The van der Waals surface area contributed by atoms with Gasteiger partial charge in [-0.1, -0.05) is 17.7 Å². The highest BCUT2D eigenvalue weighted by molar-refractivity contribution is 7.89. The molecule has 2 saturated heterocycles. The molecule has 2 aromatic carbocycles. The van der Waals surface area contributed by atoms with Gasteiger partial charge in [0, 0.05) is 45.3 Å². The van der Waals surface area contributed by atoms with Gasteiger partial charge in [0.1, 0.15) is 5.69 Å². The molecule has 0 spiro atoms. The molecule has 0 atom stereocenters. The number of hydrogen-bond acceptors (Lipinski definition) is 7. The first-order valence-corrected chi connectivity index (χ1v) is 13.6. The van der Waals surface area contributed by atoms with Gasteiger partial charge in [-0.15, -0.1) is 0 Å². The summed E-state index contributed by atoms with van der Waals surface area (Å²) in [4.78, 5) is 13.0. The maximum absolute atomic E-state index is 12.9. The summed E-state index contributed by atoms with van der Waals surface area (Å²) >= 11 is 0. The van der Waals surface area contributed by atoms with Gasteiger partial charge in [-0.3, -0.25) is 10.1 Å². The normalized spacial score (nSPS) is 18.5. The molecule has 2 fully saturated rings. The molecule has 33 heavy (non-hydrogen) atoms. The number of anilines is 1. The van der Waals surface area contributed by atoms with Crippen LogP contribution in [0.15, 0.2) is 52.3 Å². The van der Waals surface area contributed by atoms with E-state index in [1.165, 1.54) is 20.7 Å². The summed E-state index contributed by atoms with van der Waals surface area (Å²) in [5, 5.41) is 11.8. The van der Waals surface area contributed by atoms with Crippen molar-refractivity contribution in [1.82, 2.24) is 8.61 Å². The van der Waals surface area contributed by atoms with Gasteiger partial charge in [-0.05, 0) is 44.0 Å². The summed E-state index contributed by atoms with van der Waals surface area (Å²) in [6.45, 7) is 3.55. The second-order valence-corrected chi connectivity index (χ2v) is 12.1. The van der Waals surface area contributed by atoms with E-state index in [0.29, 0.717) is 13.1 Å². The molecule has 0 aromatic heterocycles. The monoisotopic (exact) mass is 494 g/mol. The predicted molar refractivity (Wildman–Crippen MR) is 123 cm³/mol. The lowest BCUT2D eigenvalue weighted by molar-refractivity contribution is -0.384. The van der Waals surface area contributed by atoms with Crippen LogP contribution in [0.25, 0.3) is 0 Å². The Morgan fingerprint density at radius 3 is 1.85 bits per heavy atom. The lowest BCUT2D eigenvalue weighted by Gasteiger charge is -2.35. The highest BCUT2D eigenvalue weighted by Gasteiger charge is 2.33. The van der Waals surface area contributed by atoms with Crippen LogP contribution in [0, 0.1) is 17.0 Å². The molecular weight excluding hydrogens is 468 g/mol. The first-order valence-electron chi connectivity index (χ1n) is 10.7. The number of nitro groups is 1. The molecule has 2 aliphatic rings. The van der Waals surface area contributed by atoms with Crippen LogP contribution in [0.2, 0.25) is 0 Å². The van der Waals surface area contributed by atoms with Gasteiger partial charge in [-0.25, -0.2) is 16.8 Å². The number of benzene rings is 2. The number of nitrogens with zero attached hydrogens (tertiary/aromatic N) is 4. The lowest BCUT2D eigenvalue weighted by atomic mass is 10.2. The topological polar surface area (TPSA) is 121 Å². The summed E-state index contributed by atoms with van der Waals surface area (Å²) < 4.78 is 54.2. The van der Waals surface area contributed by atoms with Crippen LogP contribution in [-0.2, 0) is 20.0 Å². The molecule has 0 amide bonds. The van der Waals surface area contributed by atoms with Crippen LogP contribution in [0.4, 0.5) is 11.4 Å². The number of aryl methyl sites for hydroxylation is 1. The second-order valence-electron chi connectivity index (χ2n) is 8.22. The molecule has 0 unspecified atom stereocenters. The number of sulfonamides is 2. The molecule has 2 aliphatic heterocycles. The summed E-state index contributed by atoms with van der Waals surface area (Å²) in [5.41, 5.74) is 0.944. The zero-order valence-electron chi connectivity index (χ0n) is 18.3. The van der Waals surface area contributed by atoms with E-state index in [1.54, 1.807) is 29.2 Å². The van der Waals surface area contributed by atoms with Gasteiger partial charge >= 0.3 is 0 Å². The molecular formula is C21H26N4O6S2. The van der Waals surface area contributed by atoms with Crippen molar-refractivity contribution in [3.8, 4) is 0 Å². The van der Waals surface area contributed by atoms with E-state index in [9.17, 15) is 26.9 Å². The minimum atomic E-state index is -3.78. The zero-order chi connectivity index (χ0) is 23.8. The van der Waals surface area contributed by atoms with E-state index in [4.69, 9.17) is 0 Å². The third-order valence-corrected chi connectivity index (χ3v) is 9.89. The Morgan fingerprint density at radius 1 is 0.758 bits per heavy atom. The molecule has 2 aromatic rings. The van der Waals surface area contributed by atoms with Gasteiger partial charge in [0.2, 0.25) is 20.0 Å². The number of rotatable bonds is 6. The van der Waals surface area contributed by atoms with Crippen molar-refractivity contribution >= 4 is 31.4 Å². The molecule has 0 N–H and O–H groups in total. The molecule has 178 valence electrons. The third kappa shape index (κ3) is 4.60. The SMILES string of the molecule is Cc1ccc(S(=O)(=O)N2CCN(c3ccc(S(=O)(=O)N4CCCC4)cc3[N+](=O)[O-])CC2)cc1. The fraction of sp³-hybridized carbons (Fsp3) is 0.429. The molecule has 4 rings (SSSR count). The fourth-order valence-corrected chi connectivity index (χ4v) is 7.14. The third-order valence-electron chi connectivity index (χ3n) is 6.08. The molecule has 0 saturated carbocycles. The van der Waals surface area contributed by atoms with E-state index in [1.807, 2.05) is 6.92 Å². The van der Waals surface area contributed by atoms with Crippen molar-refractivity contribution < 1.29 is 21.8 Å². The first kappa shape index (κ1) is 23.6. The van der Waals surface area contributed by atoms with Crippen LogP contribution in [0.5, 0.6) is 0 Å². The highest BCUT2D eigenvalue weighted by atomic mass is 32.2. The summed E-state index contributed by atoms with van der Waals surface area (Å²) in [6, 6.07) is 10.6. The Kier molecular flexibility index (Phi) is 6.45. The Morgan fingerprint density at radius 2 is 1.27 bits per heavy atom. The van der Waals surface area contributed by atoms with E-state index in [2.05, 4.69) is 0 Å². The first-order chi connectivity index (χ1) is 15.6. The molecule has 12 heteroatoms. The van der Waals surface area contributed by atoms with Gasteiger partial charge in [-0.2, -0.15) is 8.61 Å². The largest absolute Gasteiger partial charge is 0.363 e. The van der Waals surface area contributed by atoms with E-state index in [0.717, 1.165) is 24.5 Å². The summed E-state index contributed by atoms with van der Waals surface area (Å²) in [5.74, 6) is 0. The van der Waals surface area contributed by atoms with Gasteiger partial charge < -0.3 is 4.90 Å². The van der Waals surface area contributed by atoms with Crippen LogP contribution in [-0.4, -0.2) is 69.6 Å². The quantitative estimate of drug-likeness (QED) is 0.446. The predicted octanol–water partition coefficient (Wildman–Crippen LogP) is 2.20. The van der Waals surface area contributed by atoms with Crippen LogP contribution in [0.3, 0.4) is 0 Å². The summed E-state index contributed by atoms with van der Waals surface area (Å²) in [6.07, 6.45) is 1.55. The lowest BCUT2D eigenvalue weighted by Crippen LogP contribution is -2.48. The van der Waals surface area contributed by atoms with Crippen molar-refractivity contribution in [2.45, 2.75) is 29.6 Å². The maximum Gasteiger partial charge on any atom is 0.293 e. The molecule has 10 nitrogen and oxygen atoms in total. The van der Waals surface area contributed by atoms with Crippen molar-refractivity contribution in [1.29, 1.82) is 0 Å². The fourth-order valence-electron chi connectivity index (χ4n) is 4.18. The molecule has 2 heterocycles. The van der Waals surface area contributed by atoms with Gasteiger partial charge in [0.05, 0.1) is 14.7 Å². The number of hydrogen-bond donors (Lipinski definition) is 0. The Balaban J connectivity index is 1.54. The number of nitro benzene ring substituents is 1. The number of piperazine rings is 1. The van der Waals surface area contributed by atoms with Crippen molar-refractivity contribution in [2.24, 2.45) is 0 Å². The second kappa shape index (κ2) is 9.01. The van der Waals surface area contributed by atoms with E-state index < -0.39 is 25.0 Å². The average Bonchev–Trinajstić information content (AvgIpc) is 3.35. The summed E-state index contributed by atoms with van der Waals surface area (Å²) in [7, 11) is -7.44. The van der Waals surface area contributed by atoms with Crippen LogP contribution < -0.4 is 4.90 Å². The highest BCUT2D eigenvalue weighted by Crippen LogP contribution is 2.33. The van der Waals surface area contributed by atoms with Crippen molar-refractivity contribution in [3.63, 3.8) is 0 Å². The molecule has 0 aliphatic carbocycles.